The Morgan fingerprint density at radius 1 is 1.20 bits per heavy atom. The number of amides is 1. The van der Waals surface area contributed by atoms with Gasteiger partial charge in [0.05, 0.1) is 41.3 Å². The number of benzene rings is 2. The number of hydrogen-bond donors (Lipinski definition) is 1. The highest BCUT2D eigenvalue weighted by Gasteiger charge is 2.36. The van der Waals surface area contributed by atoms with Gasteiger partial charge in [0.2, 0.25) is 5.91 Å². The molecule has 2 aromatic carbocycles. The second-order valence-electron chi connectivity index (χ2n) is 11.2. The number of piperazine rings is 1. The van der Waals surface area contributed by atoms with Crippen LogP contribution in [-0.2, 0) is 17.8 Å². The highest BCUT2D eigenvalue weighted by Crippen LogP contribution is 2.37. The van der Waals surface area contributed by atoms with Crippen molar-refractivity contribution >= 4 is 39.8 Å². The molecule has 3 aliphatic rings. The summed E-state index contributed by atoms with van der Waals surface area (Å²) in [6.45, 7) is 6.93. The van der Waals surface area contributed by atoms with Crippen LogP contribution in [0, 0.1) is 11.3 Å². The summed E-state index contributed by atoms with van der Waals surface area (Å²) < 4.78 is 6.15. The first-order valence-corrected chi connectivity index (χ1v) is 14.6. The van der Waals surface area contributed by atoms with E-state index in [1.54, 1.807) is 4.90 Å². The average Bonchev–Trinajstić information content (AvgIpc) is 2.98. The maximum absolute atomic E-state index is 12.5. The van der Waals surface area contributed by atoms with E-state index in [4.69, 9.17) is 32.0 Å². The van der Waals surface area contributed by atoms with Gasteiger partial charge in [-0.1, -0.05) is 42.4 Å². The molecule has 1 aliphatic carbocycles. The van der Waals surface area contributed by atoms with Crippen LogP contribution >= 0.6 is 11.6 Å². The number of anilines is 2. The molecule has 9 nitrogen and oxygen atoms in total. The summed E-state index contributed by atoms with van der Waals surface area (Å²) >= 11 is 6.67. The van der Waals surface area contributed by atoms with Crippen LogP contribution in [0.25, 0.3) is 10.8 Å². The molecule has 3 heterocycles. The van der Waals surface area contributed by atoms with Gasteiger partial charge in [0.15, 0.2) is 0 Å². The highest BCUT2D eigenvalue weighted by atomic mass is 35.5. The van der Waals surface area contributed by atoms with Gasteiger partial charge in [0, 0.05) is 42.8 Å². The van der Waals surface area contributed by atoms with E-state index < -0.39 is 0 Å². The van der Waals surface area contributed by atoms with Crippen LogP contribution in [0.4, 0.5) is 11.5 Å². The number of hydrogen-bond acceptors (Lipinski definition) is 8. The predicted octanol–water partition coefficient (Wildman–Crippen LogP) is 4.22. The zero-order valence-corrected chi connectivity index (χ0v) is 23.8. The van der Waals surface area contributed by atoms with Crippen LogP contribution < -0.4 is 20.3 Å². The maximum Gasteiger partial charge on any atom is 0.318 e. The van der Waals surface area contributed by atoms with E-state index in [-0.39, 0.29) is 23.9 Å². The Labute approximate surface area is 245 Å². The fourth-order valence-corrected chi connectivity index (χ4v) is 6.46. The molecule has 2 N–H and O–H groups in total. The fourth-order valence-electron chi connectivity index (χ4n) is 6.18. The minimum atomic E-state index is -0.334. The summed E-state index contributed by atoms with van der Waals surface area (Å²) in [5.41, 5.74) is 9.17. The number of rotatable bonds is 7. The minimum absolute atomic E-state index is 0.156. The van der Waals surface area contributed by atoms with Crippen LogP contribution in [-0.4, -0.2) is 65.1 Å². The third kappa shape index (κ3) is 5.30. The molecule has 0 unspecified atom stereocenters. The molecule has 0 bridgehead atoms. The van der Waals surface area contributed by atoms with Crippen molar-refractivity contribution in [1.29, 1.82) is 5.26 Å². The molecule has 41 heavy (non-hydrogen) atoms. The molecule has 1 saturated carbocycles. The first kappa shape index (κ1) is 27.3. The number of ether oxygens (including phenoxy) is 1. The lowest BCUT2D eigenvalue weighted by molar-refractivity contribution is -0.128. The number of nitrogens with zero attached hydrogens (tertiary/aromatic N) is 6. The van der Waals surface area contributed by atoms with Crippen molar-refractivity contribution in [2.45, 2.75) is 50.2 Å². The van der Waals surface area contributed by atoms with Crippen molar-refractivity contribution in [3.05, 3.63) is 65.3 Å². The Morgan fingerprint density at radius 3 is 2.73 bits per heavy atom. The smallest absolute Gasteiger partial charge is 0.318 e. The highest BCUT2D eigenvalue weighted by molar-refractivity contribution is 6.36. The minimum Gasteiger partial charge on any atom is -0.461 e. The number of carbonyl (C=O) groups is 1. The average molecular weight is 572 g/mol. The van der Waals surface area contributed by atoms with Gasteiger partial charge in [-0.15, -0.1) is 0 Å². The van der Waals surface area contributed by atoms with Crippen LogP contribution in [0.2, 0.25) is 5.02 Å². The second-order valence-corrected chi connectivity index (χ2v) is 11.7. The summed E-state index contributed by atoms with van der Waals surface area (Å²) in [7, 11) is 0. The molecular weight excluding hydrogens is 538 g/mol. The summed E-state index contributed by atoms with van der Waals surface area (Å²) in [5.74, 6) is 0.658. The number of fused-ring (bicyclic) bond motifs is 2. The van der Waals surface area contributed by atoms with E-state index in [1.807, 2.05) is 12.1 Å². The van der Waals surface area contributed by atoms with Gasteiger partial charge in [-0.05, 0) is 49.3 Å². The topological polar surface area (TPSA) is 112 Å². The molecule has 1 saturated heterocycles. The zero-order chi connectivity index (χ0) is 28.6. The van der Waals surface area contributed by atoms with Crippen molar-refractivity contribution in [3.8, 4) is 12.1 Å². The van der Waals surface area contributed by atoms with Crippen molar-refractivity contribution in [3.63, 3.8) is 0 Å². The summed E-state index contributed by atoms with van der Waals surface area (Å²) in [5, 5.41) is 12.3. The third-order valence-corrected chi connectivity index (χ3v) is 8.92. The second kappa shape index (κ2) is 11.2. The van der Waals surface area contributed by atoms with Crippen molar-refractivity contribution in [2.75, 3.05) is 42.6 Å². The van der Waals surface area contributed by atoms with Crippen LogP contribution in [0.1, 0.15) is 36.9 Å². The normalized spacial score (nSPS) is 19.7. The lowest BCUT2D eigenvalue weighted by atomic mass is 9.78. The summed E-state index contributed by atoms with van der Waals surface area (Å²) in [6, 6.07) is 14.5. The molecule has 3 aromatic rings. The summed E-state index contributed by atoms with van der Waals surface area (Å²) in [6.07, 6.45) is 5.24. The lowest BCUT2D eigenvalue weighted by Gasteiger charge is -2.42. The number of aromatic nitrogens is 2. The van der Waals surface area contributed by atoms with Gasteiger partial charge in [0.1, 0.15) is 12.4 Å². The van der Waals surface area contributed by atoms with Gasteiger partial charge in [0.25, 0.3) is 0 Å². The van der Waals surface area contributed by atoms with Gasteiger partial charge >= 0.3 is 6.01 Å². The molecule has 1 amide bonds. The van der Waals surface area contributed by atoms with Crippen LogP contribution in [0.15, 0.2) is 49.1 Å². The molecule has 0 radical (unpaired) electrons. The molecule has 10 heteroatoms. The lowest BCUT2D eigenvalue weighted by Crippen LogP contribution is -2.55. The van der Waals surface area contributed by atoms with E-state index in [0.717, 1.165) is 70.8 Å². The standard InChI is InChI=1S/C31H34ClN7O2/c1-2-27(40)39-17-16-38(18-22(39)10-14-33)29-23-11-15-37(26-9-4-7-21-6-3-8-24(32)28(21)26)19-25(23)35-30(36-29)41-20-31(34)12-5-13-31/h2-4,6-9,22H,1,5,10-13,15-20,34H2/t22-/m0/s1. The summed E-state index contributed by atoms with van der Waals surface area (Å²) in [4.78, 5) is 28.5. The van der Waals surface area contributed by atoms with Gasteiger partial charge in [-0.3, -0.25) is 4.79 Å². The molecule has 0 spiro atoms. The molecule has 6 rings (SSSR count). The molecule has 1 atom stereocenters. The molecule has 1 aromatic heterocycles. The van der Waals surface area contributed by atoms with E-state index >= 15 is 0 Å². The number of nitrogens with two attached hydrogens (primary N) is 1. The van der Waals surface area contributed by atoms with Gasteiger partial charge < -0.3 is 25.2 Å². The van der Waals surface area contributed by atoms with Gasteiger partial charge in [-0.2, -0.15) is 15.2 Å². The van der Waals surface area contributed by atoms with Gasteiger partial charge in [-0.25, -0.2) is 0 Å². The largest absolute Gasteiger partial charge is 0.461 e. The van der Waals surface area contributed by atoms with Crippen molar-refractivity contribution in [2.24, 2.45) is 5.73 Å². The van der Waals surface area contributed by atoms with E-state index in [2.05, 4.69) is 46.7 Å². The Kier molecular flexibility index (Phi) is 7.45. The van der Waals surface area contributed by atoms with Crippen LogP contribution in [0.5, 0.6) is 6.01 Å². The number of nitriles is 1. The Balaban J connectivity index is 1.35. The maximum atomic E-state index is 12.5. The van der Waals surface area contributed by atoms with E-state index in [1.165, 1.54) is 6.08 Å². The molecule has 2 fully saturated rings. The quantitative estimate of drug-likeness (QED) is 0.420. The predicted molar refractivity (Wildman–Crippen MR) is 160 cm³/mol. The van der Waals surface area contributed by atoms with Crippen LogP contribution in [0.3, 0.4) is 0 Å². The molecule has 2 aliphatic heterocycles. The number of halogens is 1. The van der Waals surface area contributed by atoms with Crippen molar-refractivity contribution in [1.82, 2.24) is 14.9 Å². The molecule has 212 valence electrons. The Bertz CT molecular complexity index is 1530. The number of carbonyl (C=O) groups excluding carboxylic acids is 1. The first-order chi connectivity index (χ1) is 19.9. The SMILES string of the molecule is C=CC(=O)N1CCN(c2nc(OCC3(N)CCC3)nc3c2CCN(c2cccc4cccc(Cl)c24)C3)C[C@@H]1CC#N. The van der Waals surface area contributed by atoms with E-state index in [9.17, 15) is 10.1 Å². The Hall–Kier alpha value is -3.87. The zero-order valence-electron chi connectivity index (χ0n) is 23.1. The monoisotopic (exact) mass is 571 g/mol. The van der Waals surface area contributed by atoms with E-state index in [0.29, 0.717) is 38.8 Å². The van der Waals surface area contributed by atoms with Crippen molar-refractivity contribution < 1.29 is 9.53 Å². The fraction of sp³-hybridized carbons (Fsp3) is 0.419. The third-order valence-electron chi connectivity index (χ3n) is 8.60. The Morgan fingerprint density at radius 2 is 2.00 bits per heavy atom. The molecular formula is C31H34ClN7O2. The first-order valence-electron chi connectivity index (χ1n) is 14.2.